The fraction of sp³-hybridized carbons (Fsp3) is 0.600. The van der Waals surface area contributed by atoms with Gasteiger partial charge in [0.05, 0.1) is 5.56 Å². The minimum absolute atomic E-state index is 0.000980. The van der Waals surface area contributed by atoms with Crippen molar-refractivity contribution in [1.29, 1.82) is 0 Å². The lowest BCUT2D eigenvalue weighted by atomic mass is 9.83. The predicted molar refractivity (Wildman–Crippen MR) is 80.1 cm³/mol. The van der Waals surface area contributed by atoms with Crippen LogP contribution in [0.15, 0.2) is 22.9 Å². The van der Waals surface area contributed by atoms with Crippen LogP contribution >= 0.6 is 15.9 Å². The van der Waals surface area contributed by atoms with Crippen molar-refractivity contribution in [2.45, 2.75) is 51.5 Å². The molecule has 0 unspecified atom stereocenters. The van der Waals surface area contributed by atoms with Crippen molar-refractivity contribution >= 4 is 21.8 Å². The van der Waals surface area contributed by atoms with Gasteiger partial charge >= 0.3 is 0 Å². The third-order valence-corrected chi connectivity index (χ3v) is 4.34. The molecule has 4 heteroatoms. The van der Waals surface area contributed by atoms with E-state index in [1.165, 1.54) is 25.7 Å². The molecule has 1 N–H and O–H groups in total. The summed E-state index contributed by atoms with van der Waals surface area (Å²) >= 11 is 3.27. The molecule has 0 atom stereocenters. The topological polar surface area (TPSA) is 42.0 Å². The molecule has 1 fully saturated rings. The zero-order chi connectivity index (χ0) is 13.7. The number of nitrogens with zero attached hydrogens (tertiary/aromatic N) is 1. The van der Waals surface area contributed by atoms with E-state index in [4.69, 9.17) is 0 Å². The highest BCUT2D eigenvalue weighted by atomic mass is 79.9. The summed E-state index contributed by atoms with van der Waals surface area (Å²) in [7, 11) is 0. The molecule has 1 aliphatic carbocycles. The summed E-state index contributed by atoms with van der Waals surface area (Å²) in [5, 5.41) is 3.12. The van der Waals surface area contributed by atoms with Gasteiger partial charge in [0.25, 0.3) is 5.91 Å². The number of nitrogens with one attached hydrogen (secondary N) is 1. The van der Waals surface area contributed by atoms with Crippen LogP contribution in [0.1, 0.15) is 55.8 Å². The fourth-order valence-electron chi connectivity index (χ4n) is 2.78. The second kappa shape index (κ2) is 7.04. The Labute approximate surface area is 123 Å². The van der Waals surface area contributed by atoms with Gasteiger partial charge in [0.15, 0.2) is 0 Å². The minimum atomic E-state index is -0.000980. The lowest BCUT2D eigenvalue weighted by molar-refractivity contribution is 0.0920. The van der Waals surface area contributed by atoms with Gasteiger partial charge in [-0.1, -0.05) is 19.8 Å². The Morgan fingerprint density at radius 1 is 1.37 bits per heavy atom. The highest BCUT2D eigenvalue weighted by Crippen LogP contribution is 2.27. The molecule has 2 rings (SSSR count). The van der Waals surface area contributed by atoms with Gasteiger partial charge in [0.2, 0.25) is 0 Å². The van der Waals surface area contributed by atoms with Crippen LogP contribution in [0.2, 0.25) is 0 Å². The van der Waals surface area contributed by atoms with Crippen LogP contribution in [0.5, 0.6) is 0 Å². The summed E-state index contributed by atoms with van der Waals surface area (Å²) in [5.74, 6) is 0.867. The minimum Gasteiger partial charge on any atom is -0.349 e. The Hall–Kier alpha value is -0.900. The third-order valence-electron chi connectivity index (χ3n) is 3.87. The summed E-state index contributed by atoms with van der Waals surface area (Å²) in [6.07, 6.45) is 8.93. The molecule has 1 aromatic heterocycles. The van der Waals surface area contributed by atoms with Gasteiger partial charge < -0.3 is 5.32 Å². The summed E-state index contributed by atoms with van der Waals surface area (Å²) in [6, 6.07) is 3.94. The predicted octanol–water partition coefficient (Wildman–Crippen LogP) is 3.93. The smallest absolute Gasteiger partial charge is 0.253 e. The van der Waals surface area contributed by atoms with Gasteiger partial charge in [0, 0.05) is 12.2 Å². The molecule has 104 valence electrons. The number of hydrogen-bond acceptors (Lipinski definition) is 2. The molecule has 0 saturated heterocycles. The number of pyridine rings is 1. The summed E-state index contributed by atoms with van der Waals surface area (Å²) in [6.45, 7) is 2.24. The largest absolute Gasteiger partial charge is 0.349 e. The van der Waals surface area contributed by atoms with E-state index in [9.17, 15) is 4.79 Å². The van der Waals surface area contributed by atoms with Crippen molar-refractivity contribution in [2.24, 2.45) is 5.92 Å². The molecule has 1 amide bonds. The summed E-state index contributed by atoms with van der Waals surface area (Å²) in [4.78, 5) is 16.2. The number of halogens is 1. The number of hydrogen-bond donors (Lipinski definition) is 1. The van der Waals surface area contributed by atoms with Gasteiger partial charge in [-0.25, -0.2) is 4.98 Å². The molecule has 0 spiro atoms. The average molecular weight is 325 g/mol. The van der Waals surface area contributed by atoms with Crippen molar-refractivity contribution < 1.29 is 4.79 Å². The van der Waals surface area contributed by atoms with Crippen LogP contribution in [-0.2, 0) is 0 Å². The number of carbonyl (C=O) groups excluding carboxylic acids is 1. The molecule has 19 heavy (non-hydrogen) atoms. The molecule has 0 bridgehead atoms. The van der Waals surface area contributed by atoms with Gasteiger partial charge in [-0.15, -0.1) is 0 Å². The highest BCUT2D eigenvalue weighted by molar-refractivity contribution is 9.10. The molecular formula is C15H21BrN2O. The SMILES string of the molecule is CCCC1CCC(NC(=O)c2ccc(Br)nc2)CC1. The van der Waals surface area contributed by atoms with E-state index < -0.39 is 0 Å². The van der Waals surface area contributed by atoms with Gasteiger partial charge in [-0.05, 0) is 59.7 Å². The zero-order valence-electron chi connectivity index (χ0n) is 11.4. The number of amides is 1. The van der Waals surface area contributed by atoms with Crippen LogP contribution in [0.25, 0.3) is 0 Å². The van der Waals surface area contributed by atoms with Crippen molar-refractivity contribution in [3.63, 3.8) is 0 Å². The normalized spacial score (nSPS) is 23.1. The Morgan fingerprint density at radius 2 is 2.11 bits per heavy atom. The maximum atomic E-state index is 12.1. The summed E-state index contributed by atoms with van der Waals surface area (Å²) in [5.41, 5.74) is 0.638. The van der Waals surface area contributed by atoms with E-state index >= 15 is 0 Å². The molecule has 1 saturated carbocycles. The first-order valence-corrected chi connectivity index (χ1v) is 7.90. The van der Waals surface area contributed by atoms with Crippen LogP contribution in [-0.4, -0.2) is 16.9 Å². The zero-order valence-corrected chi connectivity index (χ0v) is 12.9. The third kappa shape index (κ3) is 4.30. The lowest BCUT2D eigenvalue weighted by Gasteiger charge is -2.28. The second-order valence-electron chi connectivity index (χ2n) is 5.35. The number of rotatable bonds is 4. The van der Waals surface area contributed by atoms with E-state index in [1.807, 2.05) is 0 Å². The van der Waals surface area contributed by atoms with Crippen molar-refractivity contribution in [3.05, 3.63) is 28.5 Å². The number of carbonyl (C=O) groups is 1. The Balaban J connectivity index is 1.82. The Kier molecular flexibility index (Phi) is 5.37. The second-order valence-corrected chi connectivity index (χ2v) is 6.16. The van der Waals surface area contributed by atoms with Crippen molar-refractivity contribution in [3.8, 4) is 0 Å². The quantitative estimate of drug-likeness (QED) is 0.852. The monoisotopic (exact) mass is 324 g/mol. The molecule has 3 nitrogen and oxygen atoms in total. The first-order chi connectivity index (χ1) is 9.19. The van der Waals surface area contributed by atoms with Gasteiger partial charge in [-0.3, -0.25) is 4.79 Å². The van der Waals surface area contributed by atoms with Gasteiger partial charge in [0.1, 0.15) is 4.60 Å². The highest BCUT2D eigenvalue weighted by Gasteiger charge is 2.22. The fourth-order valence-corrected chi connectivity index (χ4v) is 3.02. The average Bonchev–Trinajstić information content (AvgIpc) is 2.42. The van der Waals surface area contributed by atoms with Gasteiger partial charge in [-0.2, -0.15) is 0 Å². The maximum Gasteiger partial charge on any atom is 0.253 e. The molecule has 0 aromatic carbocycles. The number of aromatic nitrogens is 1. The van der Waals surface area contributed by atoms with Crippen molar-refractivity contribution in [1.82, 2.24) is 10.3 Å². The van der Waals surface area contributed by atoms with E-state index in [0.29, 0.717) is 11.6 Å². The van der Waals surface area contributed by atoms with E-state index in [-0.39, 0.29) is 5.91 Å². The summed E-state index contributed by atoms with van der Waals surface area (Å²) < 4.78 is 0.754. The molecule has 0 aliphatic heterocycles. The standard InChI is InChI=1S/C15H21BrN2O/c1-2-3-11-4-7-13(8-5-11)18-15(19)12-6-9-14(16)17-10-12/h6,9-11,13H,2-5,7-8H2,1H3,(H,18,19). The Bertz CT molecular complexity index is 411. The van der Waals surface area contributed by atoms with E-state index in [1.54, 1.807) is 18.3 Å². The molecule has 1 aliphatic rings. The van der Waals surface area contributed by atoms with E-state index in [0.717, 1.165) is 23.4 Å². The van der Waals surface area contributed by atoms with Crippen LogP contribution < -0.4 is 5.32 Å². The van der Waals surface area contributed by atoms with Crippen LogP contribution in [0.4, 0.5) is 0 Å². The Morgan fingerprint density at radius 3 is 2.68 bits per heavy atom. The maximum absolute atomic E-state index is 12.1. The molecule has 1 heterocycles. The first-order valence-electron chi connectivity index (χ1n) is 7.11. The van der Waals surface area contributed by atoms with Crippen LogP contribution in [0, 0.1) is 5.92 Å². The lowest BCUT2D eigenvalue weighted by Crippen LogP contribution is -2.37. The molecule has 1 aromatic rings. The molecule has 0 radical (unpaired) electrons. The van der Waals surface area contributed by atoms with E-state index in [2.05, 4.69) is 33.2 Å². The van der Waals surface area contributed by atoms with Crippen LogP contribution in [0.3, 0.4) is 0 Å². The molecular weight excluding hydrogens is 304 g/mol. The van der Waals surface area contributed by atoms with Crippen molar-refractivity contribution in [2.75, 3.05) is 0 Å². The first kappa shape index (κ1) is 14.5.